The van der Waals surface area contributed by atoms with E-state index in [4.69, 9.17) is 9.47 Å². The molecule has 9 heteroatoms. The Labute approximate surface area is 252 Å². The lowest BCUT2D eigenvalue weighted by molar-refractivity contribution is -0.245. The predicted molar refractivity (Wildman–Crippen MR) is 160 cm³/mol. The van der Waals surface area contributed by atoms with Gasteiger partial charge in [0.05, 0.1) is 42.0 Å². The third kappa shape index (κ3) is 6.11. The molecule has 2 amide bonds. The Morgan fingerprint density at radius 1 is 0.791 bits per heavy atom. The molecule has 6 rings (SSSR count). The summed E-state index contributed by atoms with van der Waals surface area (Å²) in [5, 5.41) is 19.1. The van der Waals surface area contributed by atoms with Crippen molar-refractivity contribution in [3.8, 4) is 0 Å². The molecular formula is C34H29NO7S. The fourth-order valence-electron chi connectivity index (χ4n) is 5.32. The molecule has 4 aromatic carbocycles. The summed E-state index contributed by atoms with van der Waals surface area (Å²) in [6.07, 6.45) is -0.657. The molecule has 2 aliphatic rings. The number of amides is 2. The maximum atomic E-state index is 12.8. The predicted octanol–water partition coefficient (Wildman–Crippen LogP) is 6.01. The number of carbonyl (C=O) groups excluding carboxylic acids is 2. The number of carboxylic acid groups (broad SMARTS) is 1. The second kappa shape index (κ2) is 12.5. The molecular weight excluding hydrogens is 566 g/mol. The molecule has 0 bridgehead atoms. The summed E-state index contributed by atoms with van der Waals surface area (Å²) >= 11 is 1.43. The van der Waals surface area contributed by atoms with Gasteiger partial charge in [-0.25, -0.2) is 4.79 Å². The summed E-state index contributed by atoms with van der Waals surface area (Å²) in [6.45, 7) is 0.105. The first kappa shape index (κ1) is 28.8. The van der Waals surface area contributed by atoms with E-state index in [1.807, 2.05) is 54.6 Å². The molecule has 4 aromatic rings. The minimum atomic E-state index is -0.975. The number of aromatic carboxylic acids is 1. The van der Waals surface area contributed by atoms with Crippen molar-refractivity contribution in [2.24, 2.45) is 0 Å². The number of hydrogen-bond donors (Lipinski definition) is 2. The smallest absolute Gasteiger partial charge is 0.336 e. The van der Waals surface area contributed by atoms with Crippen LogP contribution in [-0.4, -0.2) is 44.8 Å². The summed E-state index contributed by atoms with van der Waals surface area (Å²) in [4.78, 5) is 39.3. The maximum Gasteiger partial charge on any atom is 0.336 e. The van der Waals surface area contributed by atoms with Crippen molar-refractivity contribution in [3.63, 3.8) is 0 Å². The second-order valence-electron chi connectivity index (χ2n) is 10.4. The van der Waals surface area contributed by atoms with Gasteiger partial charge in [-0.3, -0.25) is 14.5 Å². The zero-order valence-electron chi connectivity index (χ0n) is 23.1. The van der Waals surface area contributed by atoms with Gasteiger partial charge >= 0.3 is 5.97 Å². The van der Waals surface area contributed by atoms with Gasteiger partial charge in [0.25, 0.3) is 11.8 Å². The van der Waals surface area contributed by atoms with E-state index in [2.05, 4.69) is 0 Å². The van der Waals surface area contributed by atoms with E-state index in [-0.39, 0.29) is 42.7 Å². The number of carboxylic acids is 1. The van der Waals surface area contributed by atoms with Crippen molar-refractivity contribution < 1.29 is 34.1 Å². The number of nitrogens with zero attached hydrogens (tertiary/aromatic N) is 1. The largest absolute Gasteiger partial charge is 0.478 e. The lowest BCUT2D eigenvalue weighted by atomic mass is 10.0. The maximum absolute atomic E-state index is 12.8. The number of rotatable bonds is 9. The monoisotopic (exact) mass is 595 g/mol. The van der Waals surface area contributed by atoms with Gasteiger partial charge in [-0.15, -0.1) is 11.8 Å². The SMILES string of the molecule is O=C(O)c1ccccc1SC[C@@H]1C[C@H](c2ccc(CO)cc2)O[C@H](c2ccc(CN3C(=O)c4ccccc4C3=O)cc2)O1. The van der Waals surface area contributed by atoms with Crippen LogP contribution >= 0.6 is 11.8 Å². The summed E-state index contributed by atoms with van der Waals surface area (Å²) in [6, 6.07) is 28.8. The van der Waals surface area contributed by atoms with E-state index in [1.165, 1.54) is 16.7 Å². The highest BCUT2D eigenvalue weighted by atomic mass is 32.2. The Morgan fingerprint density at radius 2 is 1.40 bits per heavy atom. The molecule has 0 spiro atoms. The topological polar surface area (TPSA) is 113 Å². The Kier molecular flexibility index (Phi) is 8.40. The van der Waals surface area contributed by atoms with Gasteiger partial charge in [0.2, 0.25) is 0 Å². The van der Waals surface area contributed by atoms with Crippen molar-refractivity contribution in [2.75, 3.05) is 5.75 Å². The van der Waals surface area contributed by atoms with Crippen molar-refractivity contribution in [1.82, 2.24) is 4.90 Å². The number of thioether (sulfide) groups is 1. The Bertz CT molecular complexity index is 1620. The van der Waals surface area contributed by atoms with Crippen molar-refractivity contribution in [3.05, 3.63) is 136 Å². The molecule has 3 atom stereocenters. The first-order valence-electron chi connectivity index (χ1n) is 13.9. The summed E-state index contributed by atoms with van der Waals surface area (Å²) in [5.74, 6) is -1.06. The van der Waals surface area contributed by atoms with Crippen LogP contribution in [0.3, 0.4) is 0 Å². The molecule has 218 valence electrons. The minimum Gasteiger partial charge on any atom is -0.478 e. The molecule has 1 saturated heterocycles. The van der Waals surface area contributed by atoms with Crippen LogP contribution in [0.5, 0.6) is 0 Å². The van der Waals surface area contributed by atoms with Crippen LogP contribution in [0.4, 0.5) is 0 Å². The number of fused-ring (bicyclic) bond motifs is 1. The van der Waals surface area contributed by atoms with Crippen LogP contribution < -0.4 is 0 Å². The highest BCUT2D eigenvalue weighted by molar-refractivity contribution is 7.99. The number of imide groups is 1. The molecule has 0 saturated carbocycles. The average molecular weight is 596 g/mol. The molecule has 0 unspecified atom stereocenters. The number of ether oxygens (including phenoxy) is 2. The number of carbonyl (C=O) groups is 3. The molecule has 43 heavy (non-hydrogen) atoms. The molecule has 0 aliphatic carbocycles. The minimum absolute atomic E-state index is 0.0488. The highest BCUT2D eigenvalue weighted by Crippen LogP contribution is 2.40. The standard InChI is InChI=1S/C34H29NO7S/c36-19-22-11-13-23(14-12-22)29-17-25(20-43-30-8-4-3-7-28(30)33(39)40)41-34(42-29)24-15-9-21(10-16-24)18-35-31(37)26-5-1-2-6-27(26)32(35)38/h1-16,25,29,34,36H,17-20H2,(H,39,40)/t25-,29+,34+/m0/s1. The van der Waals surface area contributed by atoms with Gasteiger partial charge < -0.3 is 19.7 Å². The van der Waals surface area contributed by atoms with Gasteiger partial charge in [0.15, 0.2) is 6.29 Å². The fraction of sp³-hybridized carbons (Fsp3) is 0.206. The number of hydrogen-bond acceptors (Lipinski definition) is 7. The Hall–Kier alpha value is -4.28. The second-order valence-corrected chi connectivity index (χ2v) is 11.5. The number of benzene rings is 4. The summed E-state index contributed by atoms with van der Waals surface area (Å²) < 4.78 is 12.8. The van der Waals surface area contributed by atoms with E-state index in [9.17, 15) is 24.6 Å². The van der Waals surface area contributed by atoms with Crippen LogP contribution in [0, 0.1) is 0 Å². The molecule has 2 aliphatic heterocycles. The zero-order valence-corrected chi connectivity index (χ0v) is 23.9. The highest BCUT2D eigenvalue weighted by Gasteiger charge is 2.35. The van der Waals surface area contributed by atoms with Crippen molar-refractivity contribution in [1.29, 1.82) is 0 Å². The summed E-state index contributed by atoms with van der Waals surface area (Å²) in [5.41, 5.74) is 4.42. The van der Waals surface area contributed by atoms with Crippen molar-refractivity contribution in [2.45, 2.75) is 43.0 Å². The van der Waals surface area contributed by atoms with Crippen LogP contribution in [-0.2, 0) is 22.6 Å². The first-order chi connectivity index (χ1) is 20.9. The third-order valence-electron chi connectivity index (χ3n) is 7.63. The van der Waals surface area contributed by atoms with E-state index in [0.717, 1.165) is 22.3 Å². The van der Waals surface area contributed by atoms with Crippen LogP contribution in [0.2, 0.25) is 0 Å². The number of aliphatic hydroxyl groups is 1. The van der Waals surface area contributed by atoms with E-state index >= 15 is 0 Å². The van der Waals surface area contributed by atoms with Crippen LogP contribution in [0.25, 0.3) is 0 Å². The Balaban J connectivity index is 1.19. The van der Waals surface area contributed by atoms with Crippen LogP contribution in [0.15, 0.2) is 102 Å². The average Bonchev–Trinajstić information content (AvgIpc) is 3.29. The third-order valence-corrected chi connectivity index (χ3v) is 8.83. The lowest BCUT2D eigenvalue weighted by Gasteiger charge is -2.36. The van der Waals surface area contributed by atoms with Gasteiger partial charge in [0.1, 0.15) is 0 Å². The summed E-state index contributed by atoms with van der Waals surface area (Å²) in [7, 11) is 0. The molecule has 2 N–H and O–H groups in total. The fourth-order valence-corrected chi connectivity index (χ4v) is 6.39. The van der Waals surface area contributed by atoms with E-state index < -0.39 is 12.3 Å². The molecule has 8 nitrogen and oxygen atoms in total. The Morgan fingerprint density at radius 3 is 2.05 bits per heavy atom. The van der Waals surface area contributed by atoms with E-state index in [1.54, 1.807) is 42.5 Å². The normalized spacial score (nSPS) is 19.8. The zero-order chi connectivity index (χ0) is 29.9. The van der Waals surface area contributed by atoms with Crippen LogP contribution in [0.1, 0.15) is 72.1 Å². The van der Waals surface area contributed by atoms with Crippen molar-refractivity contribution >= 4 is 29.5 Å². The van der Waals surface area contributed by atoms with Gasteiger partial charge in [0, 0.05) is 22.6 Å². The molecule has 0 radical (unpaired) electrons. The quantitative estimate of drug-likeness (QED) is 0.179. The van der Waals surface area contributed by atoms with Gasteiger partial charge in [-0.1, -0.05) is 72.8 Å². The van der Waals surface area contributed by atoms with E-state index in [0.29, 0.717) is 28.2 Å². The van der Waals surface area contributed by atoms with Gasteiger partial charge in [-0.2, -0.15) is 0 Å². The molecule has 1 fully saturated rings. The molecule has 2 heterocycles. The lowest BCUT2D eigenvalue weighted by Crippen LogP contribution is -2.31. The first-order valence-corrected chi connectivity index (χ1v) is 14.9. The van der Waals surface area contributed by atoms with Gasteiger partial charge in [-0.05, 0) is 41.0 Å². The molecule has 0 aromatic heterocycles. The number of aliphatic hydroxyl groups excluding tert-OH is 1.